The first-order chi connectivity index (χ1) is 15.0. The first-order valence-electron chi connectivity index (χ1n) is 11.7. The Morgan fingerprint density at radius 1 is 0.935 bits per heavy atom. The molecule has 0 aromatic heterocycles. The Kier molecular flexibility index (Phi) is 9.03. The molecule has 1 aromatic rings. The van der Waals surface area contributed by atoms with Crippen molar-refractivity contribution in [3.05, 3.63) is 53.8 Å². The molecule has 1 nitrogen and oxygen atoms in total. The van der Waals surface area contributed by atoms with Crippen molar-refractivity contribution in [1.29, 1.82) is 0 Å². The van der Waals surface area contributed by atoms with Crippen molar-refractivity contribution in [2.45, 2.75) is 77.6 Å². The van der Waals surface area contributed by atoms with Crippen LogP contribution in [0.5, 0.6) is 5.75 Å². The Labute approximate surface area is 183 Å². The van der Waals surface area contributed by atoms with Crippen LogP contribution in [0.15, 0.2) is 36.6 Å². The number of benzene rings is 1. The Morgan fingerprint density at radius 3 is 2.06 bits per heavy atom. The highest BCUT2D eigenvalue weighted by Gasteiger charge is 2.30. The van der Waals surface area contributed by atoms with E-state index in [9.17, 15) is 17.6 Å². The number of hydrogen-bond acceptors (Lipinski definition) is 1. The lowest BCUT2D eigenvalue weighted by molar-refractivity contribution is 0.152. The summed E-state index contributed by atoms with van der Waals surface area (Å²) in [5, 5.41) is 0. The van der Waals surface area contributed by atoms with Crippen molar-refractivity contribution in [2.75, 3.05) is 0 Å². The van der Waals surface area contributed by atoms with E-state index in [1.165, 1.54) is 63.5 Å². The van der Waals surface area contributed by atoms with E-state index in [1.54, 1.807) is 0 Å². The zero-order valence-corrected chi connectivity index (χ0v) is 18.3. The highest BCUT2D eigenvalue weighted by molar-refractivity contribution is 5.32. The summed E-state index contributed by atoms with van der Waals surface area (Å²) in [4.78, 5) is 0. The zero-order valence-electron chi connectivity index (χ0n) is 18.3. The predicted molar refractivity (Wildman–Crippen MR) is 116 cm³/mol. The van der Waals surface area contributed by atoms with Crippen molar-refractivity contribution in [3.8, 4) is 5.75 Å². The second kappa shape index (κ2) is 11.7. The Balaban J connectivity index is 1.43. The normalized spacial score (nSPS) is 27.4. The molecule has 0 heterocycles. The maximum absolute atomic E-state index is 14.1. The molecular weight excluding hydrogens is 404 g/mol. The van der Waals surface area contributed by atoms with E-state index >= 15 is 0 Å². The van der Waals surface area contributed by atoms with Gasteiger partial charge in [-0.3, -0.25) is 0 Å². The maximum Gasteiger partial charge on any atom is 0.260 e. The van der Waals surface area contributed by atoms with Crippen molar-refractivity contribution in [3.63, 3.8) is 0 Å². The zero-order chi connectivity index (χ0) is 22.2. The molecule has 0 amide bonds. The van der Waals surface area contributed by atoms with Crippen LogP contribution >= 0.6 is 0 Å². The highest BCUT2D eigenvalue weighted by atomic mass is 19.3. The molecule has 31 heavy (non-hydrogen) atoms. The molecule has 3 rings (SSSR count). The molecule has 1 aromatic carbocycles. The smallest absolute Gasteiger partial charge is 0.260 e. The van der Waals surface area contributed by atoms with Crippen molar-refractivity contribution < 1.29 is 22.3 Å². The van der Waals surface area contributed by atoms with Crippen LogP contribution < -0.4 is 4.74 Å². The molecule has 172 valence electrons. The minimum absolute atomic E-state index is 0.442. The SMILES string of the molecule is CC=CC1CCC(C2CCC(CCc3cc(F)c(OC=CC(F)F)c(F)c3)CC2)CC1. The van der Waals surface area contributed by atoms with Gasteiger partial charge in [0.2, 0.25) is 0 Å². The topological polar surface area (TPSA) is 9.23 Å². The average Bonchev–Trinajstić information content (AvgIpc) is 2.75. The van der Waals surface area contributed by atoms with E-state index in [1.807, 2.05) is 0 Å². The summed E-state index contributed by atoms with van der Waals surface area (Å²) < 4.78 is 57.2. The van der Waals surface area contributed by atoms with E-state index < -0.39 is 23.8 Å². The van der Waals surface area contributed by atoms with Gasteiger partial charge in [0, 0.05) is 6.08 Å². The molecule has 0 aliphatic heterocycles. The molecule has 2 saturated carbocycles. The van der Waals surface area contributed by atoms with Crippen LogP contribution in [-0.2, 0) is 6.42 Å². The van der Waals surface area contributed by atoms with Crippen LogP contribution in [0.2, 0.25) is 0 Å². The maximum atomic E-state index is 14.1. The molecule has 0 saturated heterocycles. The minimum atomic E-state index is -2.73. The van der Waals surface area contributed by atoms with Crippen molar-refractivity contribution >= 4 is 0 Å². The third kappa shape index (κ3) is 7.11. The van der Waals surface area contributed by atoms with Crippen LogP contribution in [0.4, 0.5) is 17.6 Å². The van der Waals surface area contributed by atoms with Gasteiger partial charge in [-0.2, -0.15) is 0 Å². The third-order valence-electron chi connectivity index (χ3n) is 7.15. The van der Waals surface area contributed by atoms with Crippen LogP contribution in [0.1, 0.15) is 70.3 Å². The first-order valence-corrected chi connectivity index (χ1v) is 11.7. The predicted octanol–water partition coefficient (Wildman–Crippen LogP) is 8.24. The van der Waals surface area contributed by atoms with E-state index in [4.69, 9.17) is 4.74 Å². The van der Waals surface area contributed by atoms with Gasteiger partial charge >= 0.3 is 0 Å². The average molecular weight is 439 g/mol. The molecule has 0 unspecified atom stereocenters. The number of halogens is 4. The lowest BCUT2D eigenvalue weighted by Crippen LogP contribution is -2.25. The summed E-state index contributed by atoms with van der Waals surface area (Å²) in [6.45, 7) is 2.10. The second-order valence-electron chi connectivity index (χ2n) is 9.19. The summed E-state index contributed by atoms with van der Waals surface area (Å²) in [6.07, 6.45) is 14.7. The van der Waals surface area contributed by atoms with E-state index in [2.05, 4.69) is 19.1 Å². The van der Waals surface area contributed by atoms with Crippen LogP contribution in [0.25, 0.3) is 0 Å². The third-order valence-corrected chi connectivity index (χ3v) is 7.15. The standard InChI is InChI=1S/C26H34F4O/c1-2-3-18-6-10-21(11-7-18)22-12-8-19(9-13-22)4-5-20-16-23(27)26(24(28)17-20)31-15-14-25(29)30/h2-3,14-19,21-22,25H,4-13H2,1H3. The molecule has 5 heteroatoms. The van der Waals surface area contributed by atoms with Gasteiger partial charge in [0.05, 0.1) is 6.26 Å². The monoisotopic (exact) mass is 438 g/mol. The summed E-state index contributed by atoms with van der Waals surface area (Å²) >= 11 is 0. The molecular formula is C26H34F4O. The molecule has 0 radical (unpaired) electrons. The largest absolute Gasteiger partial charge is 0.459 e. The van der Waals surface area contributed by atoms with E-state index in [0.29, 0.717) is 30.2 Å². The Bertz CT molecular complexity index is 719. The second-order valence-corrected chi connectivity index (χ2v) is 9.19. The fraction of sp³-hybridized carbons (Fsp3) is 0.615. The molecule has 0 bridgehead atoms. The molecule has 2 fully saturated rings. The fourth-order valence-corrected chi connectivity index (χ4v) is 5.44. The summed E-state index contributed by atoms with van der Waals surface area (Å²) in [6, 6.07) is 2.51. The number of allylic oxidation sites excluding steroid dienone is 3. The van der Waals surface area contributed by atoms with E-state index in [-0.39, 0.29) is 0 Å². The first kappa shape index (κ1) is 23.9. The van der Waals surface area contributed by atoms with Crippen molar-refractivity contribution in [2.24, 2.45) is 23.7 Å². The quantitative estimate of drug-likeness (QED) is 0.226. The Hall–Kier alpha value is -1.78. The number of rotatable bonds is 8. The van der Waals surface area contributed by atoms with Gasteiger partial charge in [0.1, 0.15) is 0 Å². The number of aryl methyl sites for hydroxylation is 1. The van der Waals surface area contributed by atoms with Gasteiger partial charge in [-0.15, -0.1) is 0 Å². The van der Waals surface area contributed by atoms with Gasteiger partial charge in [-0.25, -0.2) is 17.6 Å². The van der Waals surface area contributed by atoms with Gasteiger partial charge in [0.15, 0.2) is 17.4 Å². The Morgan fingerprint density at radius 2 is 1.52 bits per heavy atom. The lowest BCUT2D eigenvalue weighted by Gasteiger charge is -2.37. The number of hydrogen-bond donors (Lipinski definition) is 0. The molecule has 0 spiro atoms. The van der Waals surface area contributed by atoms with Gasteiger partial charge in [-0.1, -0.05) is 25.0 Å². The van der Waals surface area contributed by atoms with Gasteiger partial charge in [-0.05, 0) is 99.7 Å². The van der Waals surface area contributed by atoms with E-state index in [0.717, 1.165) is 24.2 Å². The van der Waals surface area contributed by atoms with Crippen LogP contribution in [-0.4, -0.2) is 6.43 Å². The van der Waals surface area contributed by atoms with Crippen LogP contribution in [0.3, 0.4) is 0 Å². The molecule has 2 aliphatic carbocycles. The fourth-order valence-electron chi connectivity index (χ4n) is 5.44. The summed E-state index contributed by atoms with van der Waals surface area (Å²) in [5.74, 6) is 0.748. The molecule has 0 atom stereocenters. The minimum Gasteiger partial charge on any atom is -0.459 e. The summed E-state index contributed by atoms with van der Waals surface area (Å²) in [5.41, 5.74) is 0.588. The number of ether oxygens (including phenoxy) is 1. The van der Waals surface area contributed by atoms with Crippen molar-refractivity contribution in [1.82, 2.24) is 0 Å². The van der Waals surface area contributed by atoms with Gasteiger partial charge < -0.3 is 4.74 Å². The molecule has 0 N–H and O–H groups in total. The number of alkyl halides is 2. The van der Waals surface area contributed by atoms with Gasteiger partial charge in [0.25, 0.3) is 6.43 Å². The molecule has 2 aliphatic rings. The summed E-state index contributed by atoms with van der Waals surface area (Å²) in [7, 11) is 0. The lowest BCUT2D eigenvalue weighted by atomic mass is 9.68. The highest BCUT2D eigenvalue weighted by Crippen LogP contribution is 2.42. The van der Waals surface area contributed by atoms with Crippen LogP contribution in [0, 0.1) is 35.3 Å².